The Hall–Kier alpha value is -1.89. The molecule has 0 saturated carbocycles. The highest BCUT2D eigenvalue weighted by atomic mass is 35.5. The van der Waals surface area contributed by atoms with E-state index in [0.717, 1.165) is 5.56 Å². The number of nitrogens with one attached hydrogen (secondary N) is 1. The summed E-state index contributed by atoms with van der Waals surface area (Å²) in [5.74, 6) is 0.971. The van der Waals surface area contributed by atoms with Crippen molar-refractivity contribution < 1.29 is 4.79 Å². The predicted octanol–water partition coefficient (Wildman–Crippen LogP) is 0.975. The van der Waals surface area contributed by atoms with Gasteiger partial charge in [0.25, 0.3) is 5.78 Å². The Labute approximate surface area is 115 Å². The largest absolute Gasteiger partial charge is 0.358 e. The minimum Gasteiger partial charge on any atom is -0.358 e. The summed E-state index contributed by atoms with van der Waals surface area (Å²) in [5, 5.41) is 7.52. The number of nitrogens with zero attached hydrogens (tertiary/aromatic N) is 5. The molecule has 0 bridgehead atoms. The van der Waals surface area contributed by atoms with Crippen LogP contribution in [-0.4, -0.2) is 50.5 Å². The lowest BCUT2D eigenvalue weighted by Gasteiger charge is -2.20. The van der Waals surface area contributed by atoms with Crippen molar-refractivity contribution >= 4 is 29.1 Å². The number of hydrogen-bond acceptors (Lipinski definition) is 5. The maximum atomic E-state index is 11.9. The molecule has 0 fully saturated rings. The van der Waals surface area contributed by atoms with Crippen molar-refractivity contribution in [3.05, 3.63) is 17.0 Å². The maximum Gasteiger partial charge on any atom is 0.255 e. The fourth-order valence-electron chi connectivity index (χ4n) is 1.72. The number of aromatic nitrogens is 4. The van der Waals surface area contributed by atoms with Crippen LogP contribution in [0.5, 0.6) is 0 Å². The van der Waals surface area contributed by atoms with Crippen molar-refractivity contribution in [2.45, 2.75) is 19.9 Å². The van der Waals surface area contributed by atoms with Crippen LogP contribution in [0.3, 0.4) is 0 Å². The summed E-state index contributed by atoms with van der Waals surface area (Å²) in [4.78, 5) is 21.5. The quantitative estimate of drug-likeness (QED) is 0.849. The fraction of sp³-hybridized carbons (Fsp3) is 0.455. The van der Waals surface area contributed by atoms with E-state index in [-0.39, 0.29) is 5.91 Å². The van der Waals surface area contributed by atoms with Gasteiger partial charge in [0.05, 0.1) is 0 Å². The van der Waals surface area contributed by atoms with Gasteiger partial charge >= 0.3 is 0 Å². The molecule has 102 valence electrons. The van der Waals surface area contributed by atoms with Gasteiger partial charge in [-0.1, -0.05) is 11.6 Å². The standard InChI is InChI=1S/C11H15ClN6O/c1-6-8(12)16-11-13-5-14-18(11)9(6)15-7(2)10(19)17(3)4/h5,7,15H,1-4H3. The van der Waals surface area contributed by atoms with Crippen LogP contribution in [0.4, 0.5) is 5.82 Å². The molecule has 0 saturated heterocycles. The minimum absolute atomic E-state index is 0.0411. The average molecular weight is 283 g/mol. The molecule has 19 heavy (non-hydrogen) atoms. The number of halogens is 1. The van der Waals surface area contributed by atoms with E-state index in [1.165, 1.54) is 15.7 Å². The van der Waals surface area contributed by atoms with Gasteiger partial charge in [0, 0.05) is 19.7 Å². The highest BCUT2D eigenvalue weighted by molar-refractivity contribution is 6.30. The minimum atomic E-state index is -0.403. The Kier molecular flexibility index (Phi) is 3.57. The molecular formula is C11H15ClN6O. The summed E-state index contributed by atoms with van der Waals surface area (Å²) in [7, 11) is 3.41. The first kappa shape index (κ1) is 13.5. The van der Waals surface area contributed by atoms with E-state index >= 15 is 0 Å². The van der Waals surface area contributed by atoms with Crippen molar-refractivity contribution in [2.24, 2.45) is 0 Å². The second-order valence-corrected chi connectivity index (χ2v) is 4.80. The molecule has 2 aromatic heterocycles. The summed E-state index contributed by atoms with van der Waals surface area (Å²) in [5.41, 5.74) is 0.720. The Morgan fingerprint density at radius 3 is 2.84 bits per heavy atom. The molecule has 2 rings (SSSR count). The summed E-state index contributed by atoms with van der Waals surface area (Å²) in [6, 6.07) is -0.403. The van der Waals surface area contributed by atoms with Gasteiger partial charge in [-0.3, -0.25) is 4.79 Å². The van der Waals surface area contributed by atoms with E-state index in [9.17, 15) is 4.79 Å². The third-order valence-electron chi connectivity index (χ3n) is 2.77. The number of hydrogen-bond donors (Lipinski definition) is 1. The third-order valence-corrected chi connectivity index (χ3v) is 3.14. The molecule has 0 aromatic carbocycles. The van der Waals surface area contributed by atoms with Gasteiger partial charge in [-0.05, 0) is 13.8 Å². The van der Waals surface area contributed by atoms with Crippen LogP contribution in [0, 0.1) is 6.92 Å². The first-order valence-corrected chi connectivity index (χ1v) is 6.13. The van der Waals surface area contributed by atoms with Crippen molar-refractivity contribution in [2.75, 3.05) is 19.4 Å². The zero-order valence-electron chi connectivity index (χ0n) is 11.2. The summed E-state index contributed by atoms with van der Waals surface area (Å²) < 4.78 is 1.53. The first-order chi connectivity index (χ1) is 8.91. The molecule has 1 unspecified atom stereocenters. The molecule has 0 aliphatic carbocycles. The van der Waals surface area contributed by atoms with Gasteiger partial charge in [0.15, 0.2) is 0 Å². The molecule has 0 aliphatic rings. The number of amides is 1. The van der Waals surface area contributed by atoms with Gasteiger partial charge in [-0.25, -0.2) is 0 Å². The Bertz CT molecular complexity index is 623. The van der Waals surface area contributed by atoms with Crippen molar-refractivity contribution in [3.63, 3.8) is 0 Å². The normalized spacial score (nSPS) is 12.5. The van der Waals surface area contributed by atoms with Gasteiger partial charge in [0.1, 0.15) is 23.3 Å². The number of anilines is 1. The van der Waals surface area contributed by atoms with Gasteiger partial charge in [-0.2, -0.15) is 19.6 Å². The van der Waals surface area contributed by atoms with E-state index < -0.39 is 6.04 Å². The third kappa shape index (κ3) is 2.46. The summed E-state index contributed by atoms with van der Waals surface area (Å²) in [6.45, 7) is 3.59. The molecule has 0 aliphatic heterocycles. The van der Waals surface area contributed by atoms with E-state index in [4.69, 9.17) is 11.6 Å². The molecule has 0 spiro atoms. The number of likely N-dealkylation sites (N-methyl/N-ethyl adjacent to an activating group) is 1. The van der Waals surface area contributed by atoms with Crippen LogP contribution < -0.4 is 5.32 Å². The fourth-order valence-corrected chi connectivity index (χ4v) is 1.89. The highest BCUT2D eigenvalue weighted by Gasteiger charge is 2.19. The Morgan fingerprint density at radius 1 is 1.53 bits per heavy atom. The Balaban J connectivity index is 2.42. The molecule has 7 nitrogen and oxygen atoms in total. The molecule has 8 heteroatoms. The summed E-state index contributed by atoms with van der Waals surface area (Å²) in [6.07, 6.45) is 1.39. The van der Waals surface area contributed by atoms with Crippen molar-refractivity contribution in [1.29, 1.82) is 0 Å². The van der Waals surface area contributed by atoms with Crippen molar-refractivity contribution in [3.8, 4) is 0 Å². The van der Waals surface area contributed by atoms with Crippen molar-refractivity contribution in [1.82, 2.24) is 24.5 Å². The monoisotopic (exact) mass is 282 g/mol. The molecule has 2 aromatic rings. The van der Waals surface area contributed by atoms with E-state index in [1.54, 1.807) is 21.0 Å². The molecule has 1 N–H and O–H groups in total. The smallest absolute Gasteiger partial charge is 0.255 e. The number of rotatable bonds is 3. The van der Waals surface area contributed by atoms with E-state index in [2.05, 4.69) is 20.4 Å². The topological polar surface area (TPSA) is 75.4 Å². The lowest BCUT2D eigenvalue weighted by atomic mass is 10.2. The predicted molar refractivity (Wildman–Crippen MR) is 72.3 cm³/mol. The van der Waals surface area contributed by atoms with Gasteiger partial charge in [-0.15, -0.1) is 0 Å². The highest BCUT2D eigenvalue weighted by Crippen LogP contribution is 2.22. The van der Waals surface area contributed by atoms with Crippen LogP contribution in [0.15, 0.2) is 6.33 Å². The number of fused-ring (bicyclic) bond motifs is 1. The Morgan fingerprint density at radius 2 is 2.21 bits per heavy atom. The molecular weight excluding hydrogens is 268 g/mol. The van der Waals surface area contributed by atoms with Gasteiger partial charge in [0.2, 0.25) is 5.91 Å². The van der Waals surface area contributed by atoms with E-state index in [0.29, 0.717) is 16.7 Å². The first-order valence-electron chi connectivity index (χ1n) is 5.75. The lowest BCUT2D eigenvalue weighted by molar-refractivity contribution is -0.129. The van der Waals surface area contributed by atoms with Crippen LogP contribution >= 0.6 is 11.6 Å². The van der Waals surface area contributed by atoms with Crippen LogP contribution in [-0.2, 0) is 4.79 Å². The molecule has 1 amide bonds. The number of carbonyl (C=O) groups excluding carboxylic acids is 1. The van der Waals surface area contributed by atoms with Gasteiger partial charge < -0.3 is 10.2 Å². The molecule has 1 atom stereocenters. The molecule has 0 radical (unpaired) electrons. The zero-order chi connectivity index (χ0) is 14.2. The average Bonchev–Trinajstić information content (AvgIpc) is 2.81. The zero-order valence-corrected chi connectivity index (χ0v) is 11.9. The SMILES string of the molecule is Cc1c(Cl)nc2ncnn2c1NC(C)C(=O)N(C)C. The van der Waals surface area contributed by atoms with Crippen LogP contribution in [0.2, 0.25) is 5.15 Å². The maximum absolute atomic E-state index is 11.9. The second-order valence-electron chi connectivity index (χ2n) is 4.45. The van der Waals surface area contributed by atoms with Crippen LogP contribution in [0.1, 0.15) is 12.5 Å². The van der Waals surface area contributed by atoms with Crippen LogP contribution in [0.25, 0.3) is 5.78 Å². The molecule has 2 heterocycles. The second kappa shape index (κ2) is 5.00. The summed E-state index contributed by atoms with van der Waals surface area (Å²) >= 11 is 6.05. The lowest BCUT2D eigenvalue weighted by Crippen LogP contribution is -2.37. The van der Waals surface area contributed by atoms with E-state index in [1.807, 2.05) is 6.92 Å². The number of carbonyl (C=O) groups is 1.